The number of amides is 2. The van der Waals surface area contributed by atoms with Crippen LogP contribution in [0.2, 0.25) is 0 Å². The Morgan fingerprint density at radius 1 is 1.10 bits per heavy atom. The van der Waals surface area contributed by atoms with Gasteiger partial charge in [-0.25, -0.2) is 4.52 Å². The predicted octanol–water partition coefficient (Wildman–Crippen LogP) is 3.43. The number of benzene rings is 1. The molecule has 0 radical (unpaired) electrons. The van der Waals surface area contributed by atoms with Gasteiger partial charge in [-0.1, -0.05) is 12.1 Å². The molecule has 1 aromatic carbocycles. The van der Waals surface area contributed by atoms with E-state index in [1.807, 2.05) is 54.9 Å². The molecule has 0 bridgehead atoms. The zero-order chi connectivity index (χ0) is 20.4. The molecular formula is C20H19N5O2S2. The van der Waals surface area contributed by atoms with E-state index >= 15 is 0 Å². The molecule has 0 fully saturated rings. The molecule has 7 nitrogen and oxygen atoms in total. The third-order valence-corrected chi connectivity index (χ3v) is 5.97. The van der Waals surface area contributed by atoms with Gasteiger partial charge < -0.3 is 10.6 Å². The van der Waals surface area contributed by atoms with Gasteiger partial charge in [0.1, 0.15) is 0 Å². The summed E-state index contributed by atoms with van der Waals surface area (Å²) in [7, 11) is 0. The lowest BCUT2D eigenvalue weighted by molar-refractivity contribution is -0.136. The molecule has 0 spiro atoms. The van der Waals surface area contributed by atoms with Crippen molar-refractivity contribution in [2.75, 3.05) is 11.9 Å². The number of nitrogens with one attached hydrogen (secondary N) is 2. The van der Waals surface area contributed by atoms with Crippen LogP contribution in [0.5, 0.6) is 0 Å². The predicted molar refractivity (Wildman–Crippen MR) is 115 cm³/mol. The van der Waals surface area contributed by atoms with Crippen molar-refractivity contribution < 1.29 is 9.59 Å². The second kappa shape index (κ2) is 8.14. The van der Waals surface area contributed by atoms with Gasteiger partial charge in [0.05, 0.1) is 10.6 Å². The molecule has 2 N–H and O–H groups in total. The number of carbonyl (C=O) groups excluding carboxylic acids is 2. The van der Waals surface area contributed by atoms with Crippen LogP contribution >= 0.6 is 22.7 Å². The van der Waals surface area contributed by atoms with Crippen molar-refractivity contribution in [1.82, 2.24) is 19.9 Å². The zero-order valence-corrected chi connectivity index (χ0v) is 17.6. The molecule has 4 rings (SSSR count). The highest BCUT2D eigenvalue weighted by atomic mass is 32.1. The van der Waals surface area contributed by atoms with E-state index in [-0.39, 0.29) is 0 Å². The lowest BCUT2D eigenvalue weighted by Crippen LogP contribution is -2.36. The van der Waals surface area contributed by atoms with E-state index in [0.717, 1.165) is 26.7 Å². The maximum Gasteiger partial charge on any atom is 0.313 e. The van der Waals surface area contributed by atoms with Crippen LogP contribution < -0.4 is 10.6 Å². The molecule has 4 aromatic rings. The number of carbonyl (C=O) groups is 2. The normalized spacial score (nSPS) is 11.0. The second-order valence-electron chi connectivity index (χ2n) is 6.67. The van der Waals surface area contributed by atoms with E-state index in [1.165, 1.54) is 11.3 Å². The third-order valence-electron chi connectivity index (χ3n) is 4.24. The van der Waals surface area contributed by atoms with Crippen LogP contribution in [0.3, 0.4) is 0 Å². The summed E-state index contributed by atoms with van der Waals surface area (Å²) in [6.45, 7) is 4.22. The number of nitrogens with zero attached hydrogens (tertiary/aromatic N) is 3. The first-order valence-corrected chi connectivity index (χ1v) is 10.8. The molecule has 0 aliphatic heterocycles. The first-order valence-electron chi connectivity index (χ1n) is 9.04. The lowest BCUT2D eigenvalue weighted by Gasteiger charge is -2.08. The average Bonchev–Trinajstić information content (AvgIpc) is 3.38. The first kappa shape index (κ1) is 19.3. The van der Waals surface area contributed by atoms with Gasteiger partial charge >= 0.3 is 11.8 Å². The summed E-state index contributed by atoms with van der Waals surface area (Å²) in [4.78, 5) is 30.6. The smallest absolute Gasteiger partial charge is 0.313 e. The number of fused-ring (bicyclic) bond motifs is 1. The zero-order valence-electron chi connectivity index (χ0n) is 15.9. The molecule has 3 aromatic heterocycles. The molecular weight excluding hydrogens is 406 g/mol. The molecule has 0 atom stereocenters. The molecule has 29 heavy (non-hydrogen) atoms. The molecule has 0 aliphatic rings. The van der Waals surface area contributed by atoms with Crippen LogP contribution in [0.1, 0.15) is 16.8 Å². The summed E-state index contributed by atoms with van der Waals surface area (Å²) >= 11 is 3.10. The van der Waals surface area contributed by atoms with Gasteiger partial charge in [0.25, 0.3) is 0 Å². The van der Waals surface area contributed by atoms with Gasteiger partial charge in [0.2, 0.25) is 4.96 Å². The van der Waals surface area contributed by atoms with Crippen LogP contribution in [-0.2, 0) is 16.0 Å². The number of thiophene rings is 1. The molecule has 0 saturated carbocycles. The van der Waals surface area contributed by atoms with Crippen molar-refractivity contribution >= 4 is 45.1 Å². The van der Waals surface area contributed by atoms with Crippen LogP contribution in [0, 0.1) is 13.8 Å². The molecule has 2 amide bonds. The summed E-state index contributed by atoms with van der Waals surface area (Å²) in [6.07, 6.45) is 0.551. The molecule has 9 heteroatoms. The maximum atomic E-state index is 12.1. The van der Waals surface area contributed by atoms with Crippen LogP contribution in [0.25, 0.3) is 15.7 Å². The third kappa shape index (κ3) is 4.36. The quantitative estimate of drug-likeness (QED) is 0.480. The number of aryl methyl sites for hydroxylation is 2. The monoisotopic (exact) mass is 425 g/mol. The van der Waals surface area contributed by atoms with E-state index in [1.54, 1.807) is 15.9 Å². The summed E-state index contributed by atoms with van der Waals surface area (Å²) in [5, 5.41) is 13.8. The van der Waals surface area contributed by atoms with Crippen molar-refractivity contribution in [2.45, 2.75) is 20.3 Å². The van der Waals surface area contributed by atoms with E-state index in [2.05, 4.69) is 20.7 Å². The number of rotatable bonds is 5. The Balaban J connectivity index is 1.34. The minimum atomic E-state index is -0.675. The average molecular weight is 426 g/mol. The fraction of sp³-hybridized carbons (Fsp3) is 0.200. The van der Waals surface area contributed by atoms with Crippen LogP contribution in [0.4, 0.5) is 5.69 Å². The summed E-state index contributed by atoms with van der Waals surface area (Å²) in [5.41, 5.74) is 3.61. The van der Waals surface area contributed by atoms with Crippen molar-refractivity contribution in [2.24, 2.45) is 0 Å². The van der Waals surface area contributed by atoms with Crippen molar-refractivity contribution in [3.05, 3.63) is 57.9 Å². The van der Waals surface area contributed by atoms with Gasteiger partial charge in [-0.15, -0.1) is 27.8 Å². The van der Waals surface area contributed by atoms with Crippen LogP contribution in [-0.4, -0.2) is 33.0 Å². The molecule has 148 valence electrons. The number of hydrogen-bond donors (Lipinski definition) is 2. The highest BCUT2D eigenvalue weighted by Crippen LogP contribution is 2.24. The molecule has 0 unspecified atom stereocenters. The van der Waals surface area contributed by atoms with E-state index in [0.29, 0.717) is 24.5 Å². The van der Waals surface area contributed by atoms with Gasteiger partial charge in [-0.3, -0.25) is 9.59 Å². The highest BCUT2D eigenvalue weighted by Gasteiger charge is 2.15. The van der Waals surface area contributed by atoms with Crippen molar-refractivity contribution in [3.63, 3.8) is 0 Å². The Bertz CT molecular complexity index is 1160. The van der Waals surface area contributed by atoms with Gasteiger partial charge in [-0.05, 0) is 48.6 Å². The number of anilines is 1. The summed E-state index contributed by atoms with van der Waals surface area (Å²) < 4.78 is 1.79. The SMILES string of the molecule is Cc1cc(C)cc(NC(=O)C(=O)NCCc2csc3nc(-c4cccs4)nn23)c1. The van der Waals surface area contributed by atoms with E-state index in [4.69, 9.17) is 0 Å². The van der Waals surface area contributed by atoms with Crippen molar-refractivity contribution in [3.8, 4) is 10.7 Å². The first-order chi connectivity index (χ1) is 14.0. The molecule has 3 heterocycles. The number of aromatic nitrogens is 3. The summed E-state index contributed by atoms with van der Waals surface area (Å²) in [5.74, 6) is -0.635. The summed E-state index contributed by atoms with van der Waals surface area (Å²) in [6, 6.07) is 9.62. The maximum absolute atomic E-state index is 12.1. The Hall–Kier alpha value is -3.04. The van der Waals surface area contributed by atoms with Crippen LogP contribution in [0.15, 0.2) is 41.1 Å². The minimum Gasteiger partial charge on any atom is -0.347 e. The Morgan fingerprint density at radius 2 is 1.90 bits per heavy atom. The number of thiazole rings is 1. The second-order valence-corrected chi connectivity index (χ2v) is 8.45. The Kier molecular flexibility index (Phi) is 5.41. The minimum absolute atomic E-state index is 0.332. The lowest BCUT2D eigenvalue weighted by atomic mass is 10.1. The number of hydrogen-bond acceptors (Lipinski definition) is 6. The fourth-order valence-corrected chi connectivity index (χ4v) is 4.53. The van der Waals surface area contributed by atoms with Gasteiger partial charge in [0.15, 0.2) is 5.82 Å². The Labute approximate surface area is 175 Å². The van der Waals surface area contributed by atoms with Gasteiger partial charge in [0, 0.05) is 24.0 Å². The standard InChI is InChI=1S/C20H19N5O2S2/c1-12-8-13(2)10-14(9-12)22-19(27)18(26)21-6-5-15-11-29-20-23-17(24-25(15)20)16-4-3-7-28-16/h3-4,7-11H,5-6H2,1-2H3,(H,21,26)(H,22,27). The highest BCUT2D eigenvalue weighted by molar-refractivity contribution is 7.15. The largest absolute Gasteiger partial charge is 0.347 e. The molecule has 0 saturated heterocycles. The van der Waals surface area contributed by atoms with E-state index < -0.39 is 11.8 Å². The molecule has 0 aliphatic carbocycles. The topological polar surface area (TPSA) is 88.4 Å². The fourth-order valence-electron chi connectivity index (χ4n) is 3.03. The van der Waals surface area contributed by atoms with Crippen molar-refractivity contribution in [1.29, 1.82) is 0 Å². The van der Waals surface area contributed by atoms with Gasteiger partial charge in [-0.2, -0.15) is 4.98 Å². The van der Waals surface area contributed by atoms with E-state index in [9.17, 15) is 9.59 Å². The Morgan fingerprint density at radius 3 is 2.62 bits per heavy atom.